The van der Waals surface area contributed by atoms with E-state index in [1.165, 1.54) is 296 Å². The largest absolute Gasteiger partial charge is 0.466 e. The van der Waals surface area contributed by atoms with E-state index in [9.17, 15) is 24.6 Å². The van der Waals surface area contributed by atoms with Crippen molar-refractivity contribution in [1.82, 2.24) is 0 Å². The number of aliphatic hydroxyl groups excluding tert-OH is 2. The van der Waals surface area contributed by atoms with Crippen molar-refractivity contribution < 1.29 is 110 Å². The van der Waals surface area contributed by atoms with Gasteiger partial charge in [0.25, 0.3) is 0 Å². The molecule has 0 aromatic rings. The van der Waals surface area contributed by atoms with Crippen molar-refractivity contribution in [1.29, 1.82) is 0 Å². The van der Waals surface area contributed by atoms with E-state index in [-0.39, 0.29) is 66.3 Å². The number of aliphatic hydroxyl groups is 2. The van der Waals surface area contributed by atoms with Crippen LogP contribution in [0.3, 0.4) is 0 Å². The predicted octanol–water partition coefficient (Wildman–Crippen LogP) is 3.73. The maximum absolute atomic E-state index is 10.8. The van der Waals surface area contributed by atoms with E-state index >= 15 is 0 Å². The van der Waals surface area contributed by atoms with Crippen molar-refractivity contribution in [3.63, 3.8) is 0 Å². The van der Waals surface area contributed by atoms with Gasteiger partial charge in [0, 0.05) is 241 Å². The molecule has 2 aliphatic carbocycles. The number of hydrogen-bond donors (Lipinski definition) is 2. The summed E-state index contributed by atoms with van der Waals surface area (Å²) in [7, 11) is 20.7. The minimum Gasteiger partial charge on any atom is -0.466 e. The van der Waals surface area contributed by atoms with Crippen LogP contribution < -0.4 is 0 Å². The molecular formula is C82H192O23Si11. The van der Waals surface area contributed by atoms with Crippen LogP contribution in [0.25, 0.3) is 0 Å². The molecule has 0 radical (unpaired) electrons. The standard InChI is InChI=1S/2C10H20O3Si.C8H20O3Si.2C8H18O2Si.C8H20OSi.C7H16O2Si.C7H18OSi.C6H16O2Si.C5H14O2Si.C5H12O2Si/c1-7(11)13-10-3-2-8(4-5-14)6-9(10)12;1-7(11)13-10-6-8(4-5-14)2-3-9(10)12;1-9-6-8(10-2)7-11-4-3-5-12;11-6-2-4-9-7-8-3-1-5-10-8;11-7-3-6-10-8-4-1-2-5-9-8;1-4-8(2,3)9-6-5-7-10;10-6-2-5-9-7-3-1-4-8-7;1-7(2,3)8-5-4-6-9;1-6(7-2)8-4-3-5-9;1-6-5-7-3-2-4-8;1-5(6)7-3-2-4-8/h2*8-10,12H,2-6H2,1,14H3;8H,3-7H2,1-2,12H3;2*8H,1-7H2,11H3;4-7H2,1-3,10H3;7H,1-6H2,10H3;4-6H2,1-3,9H3;6H,3-5H2,1-2,9H3;2-5H2,1,8H3;2-4H2,1,8H3. The first-order chi connectivity index (χ1) is 55.6. The summed E-state index contributed by atoms with van der Waals surface area (Å²) >= 11 is 0. The van der Waals surface area contributed by atoms with E-state index in [1.807, 2.05) is 6.92 Å². The summed E-state index contributed by atoms with van der Waals surface area (Å²) in [6.07, 6.45) is 27.3. The van der Waals surface area contributed by atoms with E-state index < -0.39 is 12.2 Å². The van der Waals surface area contributed by atoms with Gasteiger partial charge in [0.2, 0.25) is 0 Å². The lowest BCUT2D eigenvalue weighted by Gasteiger charge is -2.32. The highest BCUT2D eigenvalue weighted by molar-refractivity contribution is 6.10. The van der Waals surface area contributed by atoms with Crippen molar-refractivity contribution in [2.24, 2.45) is 11.8 Å². The molecule has 11 unspecified atom stereocenters. The minimum absolute atomic E-state index is 0.0294. The van der Waals surface area contributed by atoms with Gasteiger partial charge in [0.1, 0.15) is 25.1 Å². The first-order valence-corrected chi connectivity index (χ1v) is 61.7. The molecule has 0 bridgehead atoms. The van der Waals surface area contributed by atoms with Gasteiger partial charge in [-0.3, -0.25) is 14.4 Å². The SMILES string of the molecule is CC(=O)OC1CC(CC[SiH3])CCC1O.CC(=O)OC1CCC(CC[SiH3])CC1O.CC(=O)OCCC[SiH3].CC(C)(C)OCCC[SiH3].CCC(C)(C)OCCC[SiH3].COC(C)OCCC[SiH3].COCC(COCCC[SiH3])OC.COCOCCC[SiH3].[SiH3]CCCOC1CCCCO1.[SiH3]CCCOC1CCCO1.[SiH3]CCCOCC1CCCO1. The molecule has 0 spiro atoms. The molecule has 23 nitrogen and oxygen atoms in total. The lowest BCUT2D eigenvalue weighted by molar-refractivity contribution is -0.162. The summed E-state index contributed by atoms with van der Waals surface area (Å²) in [6.45, 7) is 31.9. The molecule has 11 atom stereocenters. The fourth-order valence-electron chi connectivity index (χ4n) is 11.1. The number of hydrogen-bond acceptors (Lipinski definition) is 23. The Morgan fingerprint density at radius 1 is 0.440 bits per heavy atom. The second kappa shape index (κ2) is 97.3. The van der Waals surface area contributed by atoms with Crippen molar-refractivity contribution in [3.05, 3.63) is 0 Å². The number of ether oxygens (including phenoxy) is 18. The molecule has 0 aromatic carbocycles. The van der Waals surface area contributed by atoms with E-state index in [0.717, 1.165) is 143 Å². The molecule has 3 saturated heterocycles. The van der Waals surface area contributed by atoms with Gasteiger partial charge >= 0.3 is 17.9 Å². The second-order valence-electron chi connectivity index (χ2n) is 31.9. The van der Waals surface area contributed by atoms with E-state index in [0.29, 0.717) is 44.6 Å². The molecule has 2 saturated carbocycles. The number of rotatable bonds is 48. The molecular weight excluding hydrogens is 1660 g/mol. The van der Waals surface area contributed by atoms with Gasteiger partial charge < -0.3 is 95.5 Å². The third-order valence-electron chi connectivity index (χ3n) is 18.7. The first kappa shape index (κ1) is 127. The molecule has 702 valence electrons. The predicted molar refractivity (Wildman–Crippen MR) is 521 cm³/mol. The van der Waals surface area contributed by atoms with Gasteiger partial charge in [0.15, 0.2) is 18.9 Å². The van der Waals surface area contributed by atoms with Crippen LogP contribution in [0.4, 0.5) is 0 Å². The molecule has 0 amide bonds. The average Bonchev–Trinajstić information content (AvgIpc) is 1.16. The number of methoxy groups -OCH3 is 4. The van der Waals surface area contributed by atoms with E-state index in [2.05, 4.69) is 51.0 Å². The third-order valence-corrected chi connectivity index (χ3v) is 26.2. The van der Waals surface area contributed by atoms with Crippen LogP contribution in [-0.2, 0) is 99.6 Å². The Balaban J connectivity index is -0.000000288. The summed E-state index contributed by atoms with van der Waals surface area (Å²) in [5, 5.41) is 19.4. The Morgan fingerprint density at radius 2 is 0.897 bits per heavy atom. The number of esters is 3. The van der Waals surface area contributed by atoms with Crippen LogP contribution in [0.5, 0.6) is 0 Å². The van der Waals surface area contributed by atoms with Crippen molar-refractivity contribution in [3.8, 4) is 0 Å². The van der Waals surface area contributed by atoms with Gasteiger partial charge in [-0.2, -0.15) is 0 Å². The number of carbonyl (C=O) groups excluding carboxylic acids is 3. The molecule has 0 aromatic heterocycles. The summed E-state index contributed by atoms with van der Waals surface area (Å²) in [5.41, 5.74) is 0.174. The molecule has 3 heterocycles. The van der Waals surface area contributed by atoms with Crippen LogP contribution in [0.2, 0.25) is 66.5 Å². The first-order valence-electron chi connectivity index (χ1n) is 46.2. The van der Waals surface area contributed by atoms with Gasteiger partial charge in [-0.05, 0) is 195 Å². The molecule has 5 fully saturated rings. The summed E-state index contributed by atoms with van der Waals surface area (Å²) in [6, 6.07) is 14.5. The normalized spacial score (nSPS) is 20.7. The molecule has 34 heteroatoms. The summed E-state index contributed by atoms with van der Waals surface area (Å²) in [5.74, 6) is 0.575. The Hall–Kier alpha value is 0.116. The minimum atomic E-state index is -0.441. The second-order valence-corrected chi connectivity index (χ2v) is 42.9. The lowest BCUT2D eigenvalue weighted by atomic mass is 9.84. The average molecular weight is 1860 g/mol. The maximum Gasteiger partial charge on any atom is 0.302 e. The molecule has 2 N–H and O–H groups in total. The zero-order valence-corrected chi connectivity index (χ0v) is 102. The van der Waals surface area contributed by atoms with E-state index in [4.69, 9.17) is 75.8 Å². The van der Waals surface area contributed by atoms with Crippen molar-refractivity contribution >= 4 is 131 Å². The molecule has 116 heavy (non-hydrogen) atoms. The van der Waals surface area contributed by atoms with Gasteiger partial charge in [-0.25, -0.2) is 0 Å². The fraction of sp³-hybridized carbons (Fsp3) is 0.963. The topological polar surface area (TPSA) is 258 Å². The smallest absolute Gasteiger partial charge is 0.302 e. The number of carbonyl (C=O) groups is 3. The molecule has 5 rings (SSSR count). The fourth-order valence-corrected chi connectivity index (χ4v) is 15.3. The van der Waals surface area contributed by atoms with E-state index in [1.54, 1.807) is 28.4 Å². The Bertz CT molecular complexity index is 1960. The molecule has 3 aliphatic heterocycles. The maximum atomic E-state index is 10.8. The van der Waals surface area contributed by atoms with Crippen LogP contribution in [0, 0.1) is 11.8 Å². The van der Waals surface area contributed by atoms with Crippen LogP contribution in [0.15, 0.2) is 0 Å². The third kappa shape index (κ3) is 99.5. The van der Waals surface area contributed by atoms with Crippen molar-refractivity contribution in [2.45, 2.75) is 363 Å². The quantitative estimate of drug-likeness (QED) is 0.0289. The van der Waals surface area contributed by atoms with Crippen molar-refractivity contribution in [2.75, 3.05) is 134 Å². The lowest BCUT2D eigenvalue weighted by Crippen LogP contribution is -2.37. The highest BCUT2D eigenvalue weighted by atomic mass is 28.2. The monoisotopic (exact) mass is 1850 g/mol. The summed E-state index contributed by atoms with van der Waals surface area (Å²) < 4.78 is 93.8. The zero-order chi connectivity index (χ0) is 88.6. The Morgan fingerprint density at radius 3 is 1.33 bits per heavy atom. The highest BCUT2D eigenvalue weighted by Gasteiger charge is 2.32. The summed E-state index contributed by atoms with van der Waals surface area (Å²) in [4.78, 5) is 31.6. The Labute approximate surface area is 744 Å². The zero-order valence-electron chi connectivity index (χ0n) is 80.1. The van der Waals surface area contributed by atoms with Crippen LogP contribution in [-0.4, -0.2) is 342 Å². The van der Waals surface area contributed by atoms with Gasteiger partial charge in [-0.15, -0.1) is 0 Å². The Kier molecular flexibility index (Phi) is 106. The van der Waals surface area contributed by atoms with Gasteiger partial charge in [-0.1, -0.05) is 86.3 Å². The van der Waals surface area contributed by atoms with Crippen LogP contribution >= 0.6 is 0 Å². The van der Waals surface area contributed by atoms with Crippen LogP contribution in [0.1, 0.15) is 230 Å². The highest BCUT2D eigenvalue weighted by Crippen LogP contribution is 2.31. The molecule has 5 aliphatic rings. The van der Waals surface area contributed by atoms with Gasteiger partial charge in [0.05, 0.1) is 55.9 Å².